The molecule has 0 atom stereocenters. The van der Waals surface area contributed by atoms with Crippen molar-refractivity contribution in [1.82, 2.24) is 14.8 Å². The number of nitrogens with one attached hydrogen (secondary N) is 1. The van der Waals surface area contributed by atoms with E-state index >= 15 is 0 Å². The third kappa shape index (κ3) is 3.58. The van der Waals surface area contributed by atoms with Gasteiger partial charge in [0.2, 0.25) is 0 Å². The second kappa shape index (κ2) is 6.22. The average molecular weight is 235 g/mol. The smallest absolute Gasteiger partial charge is 0.0359 e. The molecule has 0 amide bonds. The van der Waals surface area contributed by atoms with E-state index in [9.17, 15) is 0 Å². The maximum absolute atomic E-state index is 3.61. The minimum Gasteiger partial charge on any atom is -0.351 e. The van der Waals surface area contributed by atoms with E-state index in [1.807, 2.05) is 0 Å². The number of hydrogen-bond acceptors (Lipinski definition) is 2. The van der Waals surface area contributed by atoms with Gasteiger partial charge >= 0.3 is 0 Å². The maximum Gasteiger partial charge on any atom is 0.0359 e. The van der Waals surface area contributed by atoms with Crippen LogP contribution in [0.25, 0.3) is 0 Å². The lowest BCUT2D eigenvalue weighted by atomic mass is 9.97. The summed E-state index contributed by atoms with van der Waals surface area (Å²) in [6, 6.07) is 4.35. The predicted octanol–water partition coefficient (Wildman–Crippen LogP) is 1.94. The number of rotatable bonds is 5. The summed E-state index contributed by atoms with van der Waals surface area (Å²) in [5, 5.41) is 3.61. The van der Waals surface area contributed by atoms with Crippen LogP contribution in [0.1, 0.15) is 25.5 Å². The summed E-state index contributed by atoms with van der Waals surface area (Å²) < 4.78 is 2.31. The molecule has 0 bridgehead atoms. The van der Waals surface area contributed by atoms with Gasteiger partial charge in [0, 0.05) is 25.0 Å². The standard InChI is InChI=1S/C14H25N3/c1-3-17-8-4-5-14(17)12-15-11-13-6-9-16(2)10-7-13/h4-5,8,13,15H,3,6-7,9-12H2,1-2H3. The van der Waals surface area contributed by atoms with Gasteiger partial charge in [-0.05, 0) is 64.5 Å². The van der Waals surface area contributed by atoms with Crippen molar-refractivity contribution in [3.05, 3.63) is 24.0 Å². The topological polar surface area (TPSA) is 20.2 Å². The molecule has 1 aromatic rings. The van der Waals surface area contributed by atoms with Crippen LogP contribution < -0.4 is 5.32 Å². The molecule has 1 aliphatic rings. The number of nitrogens with zero attached hydrogens (tertiary/aromatic N) is 2. The van der Waals surface area contributed by atoms with Crippen molar-refractivity contribution in [2.45, 2.75) is 32.9 Å². The fourth-order valence-corrected chi connectivity index (χ4v) is 2.59. The van der Waals surface area contributed by atoms with Gasteiger partial charge in [0.15, 0.2) is 0 Å². The van der Waals surface area contributed by atoms with Crippen molar-refractivity contribution in [3.8, 4) is 0 Å². The van der Waals surface area contributed by atoms with E-state index in [4.69, 9.17) is 0 Å². The van der Waals surface area contributed by atoms with Crippen LogP contribution in [0.3, 0.4) is 0 Å². The van der Waals surface area contributed by atoms with Crippen molar-refractivity contribution in [2.24, 2.45) is 5.92 Å². The summed E-state index contributed by atoms with van der Waals surface area (Å²) in [5.41, 5.74) is 1.40. The van der Waals surface area contributed by atoms with Crippen LogP contribution in [0.15, 0.2) is 18.3 Å². The number of likely N-dealkylation sites (tertiary alicyclic amines) is 1. The molecule has 0 radical (unpaired) electrons. The highest BCUT2D eigenvalue weighted by Gasteiger charge is 2.15. The largest absolute Gasteiger partial charge is 0.351 e. The monoisotopic (exact) mass is 235 g/mol. The van der Waals surface area contributed by atoms with E-state index in [0.717, 1.165) is 19.0 Å². The molecular formula is C14H25N3. The van der Waals surface area contributed by atoms with E-state index in [-0.39, 0.29) is 0 Å². The van der Waals surface area contributed by atoms with Crippen LogP contribution in [0.4, 0.5) is 0 Å². The molecule has 1 fully saturated rings. The number of aromatic nitrogens is 1. The summed E-state index contributed by atoms with van der Waals surface area (Å²) in [4.78, 5) is 2.43. The molecule has 3 nitrogen and oxygen atoms in total. The first-order chi connectivity index (χ1) is 8.29. The van der Waals surface area contributed by atoms with Crippen LogP contribution in [0.5, 0.6) is 0 Å². The Morgan fingerprint density at radius 2 is 2.12 bits per heavy atom. The molecule has 0 unspecified atom stereocenters. The van der Waals surface area contributed by atoms with E-state index in [2.05, 4.69) is 47.1 Å². The molecule has 2 heterocycles. The quantitative estimate of drug-likeness (QED) is 0.841. The zero-order valence-electron chi connectivity index (χ0n) is 11.2. The molecule has 0 aromatic carbocycles. The molecular weight excluding hydrogens is 210 g/mol. The highest BCUT2D eigenvalue weighted by Crippen LogP contribution is 2.14. The predicted molar refractivity (Wildman–Crippen MR) is 72.0 cm³/mol. The van der Waals surface area contributed by atoms with E-state index < -0.39 is 0 Å². The van der Waals surface area contributed by atoms with Gasteiger partial charge in [-0.1, -0.05) is 0 Å². The van der Waals surface area contributed by atoms with Crippen molar-refractivity contribution in [1.29, 1.82) is 0 Å². The van der Waals surface area contributed by atoms with E-state index in [1.54, 1.807) is 0 Å². The fourth-order valence-electron chi connectivity index (χ4n) is 2.59. The Kier molecular flexibility index (Phi) is 4.63. The fraction of sp³-hybridized carbons (Fsp3) is 0.714. The Balaban J connectivity index is 1.69. The lowest BCUT2D eigenvalue weighted by molar-refractivity contribution is 0.215. The van der Waals surface area contributed by atoms with Crippen molar-refractivity contribution in [2.75, 3.05) is 26.7 Å². The molecule has 2 rings (SSSR count). The zero-order valence-corrected chi connectivity index (χ0v) is 11.2. The number of hydrogen-bond donors (Lipinski definition) is 1. The summed E-state index contributed by atoms with van der Waals surface area (Å²) in [6.45, 7) is 7.96. The van der Waals surface area contributed by atoms with Gasteiger partial charge in [-0.25, -0.2) is 0 Å². The van der Waals surface area contributed by atoms with Gasteiger partial charge in [-0.3, -0.25) is 0 Å². The SMILES string of the molecule is CCn1cccc1CNCC1CCN(C)CC1. The van der Waals surface area contributed by atoms with Crippen molar-refractivity contribution < 1.29 is 0 Å². The highest BCUT2D eigenvalue weighted by molar-refractivity contribution is 5.06. The first-order valence-electron chi connectivity index (χ1n) is 6.83. The Morgan fingerprint density at radius 1 is 1.35 bits per heavy atom. The lowest BCUT2D eigenvalue weighted by Crippen LogP contribution is -2.35. The minimum absolute atomic E-state index is 0.872. The molecule has 0 spiro atoms. The van der Waals surface area contributed by atoms with Gasteiger partial charge in [-0.2, -0.15) is 0 Å². The Labute approximate surface area is 105 Å². The molecule has 0 aliphatic carbocycles. The van der Waals surface area contributed by atoms with E-state index in [0.29, 0.717) is 0 Å². The molecule has 0 saturated carbocycles. The second-order valence-corrected chi connectivity index (χ2v) is 5.16. The zero-order chi connectivity index (χ0) is 12.1. The van der Waals surface area contributed by atoms with Crippen LogP contribution in [0.2, 0.25) is 0 Å². The van der Waals surface area contributed by atoms with Crippen LogP contribution in [-0.2, 0) is 13.1 Å². The molecule has 1 aliphatic heterocycles. The number of aryl methyl sites for hydroxylation is 1. The van der Waals surface area contributed by atoms with Gasteiger partial charge < -0.3 is 14.8 Å². The molecule has 17 heavy (non-hydrogen) atoms. The van der Waals surface area contributed by atoms with Crippen LogP contribution >= 0.6 is 0 Å². The first-order valence-corrected chi connectivity index (χ1v) is 6.83. The minimum atomic E-state index is 0.872. The molecule has 96 valence electrons. The first kappa shape index (κ1) is 12.7. The van der Waals surface area contributed by atoms with Gasteiger partial charge in [0.25, 0.3) is 0 Å². The average Bonchev–Trinajstić information content (AvgIpc) is 2.79. The molecule has 1 aromatic heterocycles. The second-order valence-electron chi connectivity index (χ2n) is 5.16. The normalized spacial score (nSPS) is 18.7. The summed E-state index contributed by atoms with van der Waals surface area (Å²) in [5.74, 6) is 0.872. The summed E-state index contributed by atoms with van der Waals surface area (Å²) in [6.07, 6.45) is 4.85. The van der Waals surface area contributed by atoms with E-state index in [1.165, 1.54) is 38.2 Å². The van der Waals surface area contributed by atoms with Crippen molar-refractivity contribution >= 4 is 0 Å². The van der Waals surface area contributed by atoms with Crippen LogP contribution in [0, 0.1) is 5.92 Å². The van der Waals surface area contributed by atoms with Gasteiger partial charge in [0.1, 0.15) is 0 Å². The maximum atomic E-state index is 3.61. The lowest BCUT2D eigenvalue weighted by Gasteiger charge is -2.29. The molecule has 1 saturated heterocycles. The third-order valence-electron chi connectivity index (χ3n) is 3.84. The highest BCUT2D eigenvalue weighted by atomic mass is 15.1. The van der Waals surface area contributed by atoms with Crippen LogP contribution in [-0.4, -0.2) is 36.1 Å². The Bertz CT molecular complexity index is 324. The van der Waals surface area contributed by atoms with Crippen molar-refractivity contribution in [3.63, 3.8) is 0 Å². The van der Waals surface area contributed by atoms with Gasteiger partial charge in [-0.15, -0.1) is 0 Å². The third-order valence-corrected chi connectivity index (χ3v) is 3.84. The van der Waals surface area contributed by atoms with Gasteiger partial charge in [0.05, 0.1) is 0 Å². The Hall–Kier alpha value is -0.800. The molecule has 1 N–H and O–H groups in total. The number of piperidine rings is 1. The summed E-state index contributed by atoms with van der Waals surface area (Å²) in [7, 11) is 2.22. The molecule has 3 heteroatoms. The summed E-state index contributed by atoms with van der Waals surface area (Å²) >= 11 is 0. The Morgan fingerprint density at radius 3 is 2.82 bits per heavy atom.